The fourth-order valence-electron chi connectivity index (χ4n) is 1.97. The zero-order valence-corrected chi connectivity index (χ0v) is 12.2. The summed E-state index contributed by atoms with van der Waals surface area (Å²) in [5.74, 6) is 1.94. The zero-order valence-electron chi connectivity index (χ0n) is 9.86. The monoisotopic (exact) mass is 343 g/mol. The molecule has 0 fully saturated rings. The Labute approximate surface area is 123 Å². The van der Waals surface area contributed by atoms with Gasteiger partial charge in [-0.15, -0.1) is 0 Å². The van der Waals surface area contributed by atoms with E-state index in [0.717, 1.165) is 5.56 Å². The van der Waals surface area contributed by atoms with Gasteiger partial charge in [-0.2, -0.15) is 0 Å². The van der Waals surface area contributed by atoms with Gasteiger partial charge in [0, 0.05) is 11.1 Å². The lowest BCUT2D eigenvalue weighted by molar-refractivity contribution is 0.171. The first-order valence-electron chi connectivity index (χ1n) is 5.75. The van der Waals surface area contributed by atoms with Crippen molar-refractivity contribution in [2.45, 2.75) is 6.04 Å². The number of hydrogen-bond donors (Lipinski definition) is 1. The largest absolute Gasteiger partial charge is 0.486 e. The number of benzene rings is 1. The first-order chi connectivity index (χ1) is 9.15. The van der Waals surface area contributed by atoms with Crippen LogP contribution in [0, 0.1) is 0 Å². The molecule has 4 nitrogen and oxygen atoms in total. The molecule has 0 saturated carbocycles. The summed E-state index contributed by atoms with van der Waals surface area (Å²) >= 11 is 9.50. The molecule has 2 heterocycles. The summed E-state index contributed by atoms with van der Waals surface area (Å²) in [6.45, 7) is 1.05. The smallest absolute Gasteiger partial charge is 0.169 e. The van der Waals surface area contributed by atoms with Crippen molar-refractivity contribution in [1.82, 2.24) is 0 Å². The van der Waals surface area contributed by atoms with Gasteiger partial charge in [-0.3, -0.25) is 0 Å². The number of ether oxygens (including phenoxy) is 2. The van der Waals surface area contributed by atoms with Crippen LogP contribution >= 0.6 is 27.5 Å². The Kier molecular flexibility index (Phi) is 3.43. The van der Waals surface area contributed by atoms with E-state index in [4.69, 9.17) is 31.2 Å². The Morgan fingerprint density at radius 1 is 1.16 bits per heavy atom. The summed E-state index contributed by atoms with van der Waals surface area (Å²) in [4.78, 5) is 0. The standard InChI is InChI=1S/C13H11BrClNO3/c14-12-2-1-9(19-12)13(16)7-5-10-11(6-8(7)15)18-4-3-17-10/h1-2,5-6,13H,3-4,16H2. The molecule has 19 heavy (non-hydrogen) atoms. The summed E-state index contributed by atoms with van der Waals surface area (Å²) < 4.78 is 17.1. The number of nitrogens with two attached hydrogens (primary N) is 1. The van der Waals surface area contributed by atoms with Crippen LogP contribution in [-0.2, 0) is 0 Å². The maximum Gasteiger partial charge on any atom is 0.169 e. The highest BCUT2D eigenvalue weighted by Gasteiger charge is 2.21. The fourth-order valence-corrected chi connectivity index (χ4v) is 2.56. The molecule has 6 heteroatoms. The third-order valence-electron chi connectivity index (χ3n) is 2.90. The van der Waals surface area contributed by atoms with Crippen LogP contribution in [0.4, 0.5) is 0 Å². The van der Waals surface area contributed by atoms with E-state index in [-0.39, 0.29) is 0 Å². The van der Waals surface area contributed by atoms with Crippen molar-refractivity contribution >= 4 is 27.5 Å². The van der Waals surface area contributed by atoms with Crippen LogP contribution < -0.4 is 15.2 Å². The molecule has 2 N–H and O–H groups in total. The number of fused-ring (bicyclic) bond motifs is 1. The van der Waals surface area contributed by atoms with Crippen molar-refractivity contribution in [2.24, 2.45) is 5.73 Å². The second-order valence-corrected chi connectivity index (χ2v) is 5.33. The van der Waals surface area contributed by atoms with Crippen LogP contribution in [0.25, 0.3) is 0 Å². The summed E-state index contributed by atoms with van der Waals surface area (Å²) in [6.07, 6.45) is 0. The lowest BCUT2D eigenvalue weighted by atomic mass is 10.0. The van der Waals surface area contributed by atoms with Gasteiger partial charge in [-0.1, -0.05) is 11.6 Å². The van der Waals surface area contributed by atoms with E-state index in [2.05, 4.69) is 15.9 Å². The van der Waals surface area contributed by atoms with E-state index in [1.807, 2.05) is 6.07 Å². The third kappa shape index (κ3) is 2.45. The number of rotatable bonds is 2. The maximum absolute atomic E-state index is 6.24. The summed E-state index contributed by atoms with van der Waals surface area (Å²) in [5, 5.41) is 0.532. The van der Waals surface area contributed by atoms with E-state index in [9.17, 15) is 0 Å². The highest BCUT2D eigenvalue weighted by Crippen LogP contribution is 2.39. The van der Waals surface area contributed by atoms with Crippen molar-refractivity contribution < 1.29 is 13.9 Å². The Morgan fingerprint density at radius 2 is 1.84 bits per heavy atom. The van der Waals surface area contributed by atoms with Crippen molar-refractivity contribution in [3.05, 3.63) is 45.3 Å². The molecule has 0 saturated heterocycles. The lowest BCUT2D eigenvalue weighted by Crippen LogP contribution is -2.17. The Morgan fingerprint density at radius 3 is 2.47 bits per heavy atom. The SMILES string of the molecule is NC(c1ccc(Br)o1)c1cc2c(cc1Cl)OCCO2. The predicted molar refractivity (Wildman–Crippen MR) is 74.9 cm³/mol. The van der Waals surface area contributed by atoms with Gasteiger partial charge in [-0.05, 0) is 39.7 Å². The summed E-state index contributed by atoms with van der Waals surface area (Å²) in [5.41, 5.74) is 6.91. The van der Waals surface area contributed by atoms with Crippen LogP contribution in [-0.4, -0.2) is 13.2 Å². The Balaban J connectivity index is 2.00. The van der Waals surface area contributed by atoms with Gasteiger partial charge in [-0.25, -0.2) is 0 Å². The van der Waals surface area contributed by atoms with E-state index < -0.39 is 6.04 Å². The maximum atomic E-state index is 6.24. The van der Waals surface area contributed by atoms with Gasteiger partial charge >= 0.3 is 0 Å². The van der Waals surface area contributed by atoms with Crippen LogP contribution in [0.3, 0.4) is 0 Å². The highest BCUT2D eigenvalue weighted by atomic mass is 79.9. The highest BCUT2D eigenvalue weighted by molar-refractivity contribution is 9.10. The van der Waals surface area contributed by atoms with Crippen molar-refractivity contribution in [1.29, 1.82) is 0 Å². The number of halogens is 2. The van der Waals surface area contributed by atoms with E-state index in [0.29, 0.717) is 40.2 Å². The van der Waals surface area contributed by atoms with E-state index >= 15 is 0 Å². The van der Waals surface area contributed by atoms with Gasteiger partial charge in [0.1, 0.15) is 19.0 Å². The molecule has 0 bridgehead atoms. The van der Waals surface area contributed by atoms with Crippen molar-refractivity contribution in [3.8, 4) is 11.5 Å². The molecule has 1 unspecified atom stereocenters. The molecule has 0 amide bonds. The van der Waals surface area contributed by atoms with Gasteiger partial charge in [0.25, 0.3) is 0 Å². The number of furan rings is 1. The average molecular weight is 345 g/mol. The second kappa shape index (κ2) is 5.07. The summed E-state index contributed by atoms with van der Waals surface area (Å²) in [6, 6.07) is 6.68. The molecule has 2 aromatic rings. The van der Waals surface area contributed by atoms with Gasteiger partial charge in [0.15, 0.2) is 16.2 Å². The van der Waals surface area contributed by atoms with Crippen LogP contribution in [0.1, 0.15) is 17.4 Å². The minimum absolute atomic E-state index is 0.449. The molecular weight excluding hydrogens is 334 g/mol. The molecule has 1 aromatic carbocycles. The first-order valence-corrected chi connectivity index (χ1v) is 6.92. The number of hydrogen-bond acceptors (Lipinski definition) is 4. The molecule has 1 aliphatic heterocycles. The Bertz CT molecular complexity index is 614. The molecule has 3 rings (SSSR count). The summed E-state index contributed by atoms with van der Waals surface area (Å²) in [7, 11) is 0. The van der Waals surface area contributed by atoms with Crippen LogP contribution in [0.2, 0.25) is 5.02 Å². The molecule has 100 valence electrons. The predicted octanol–water partition coefficient (Wildman–Crippen LogP) is 3.51. The quantitative estimate of drug-likeness (QED) is 0.905. The fraction of sp³-hybridized carbons (Fsp3) is 0.231. The minimum Gasteiger partial charge on any atom is -0.486 e. The van der Waals surface area contributed by atoms with Gasteiger partial charge < -0.3 is 19.6 Å². The molecule has 1 aliphatic rings. The molecule has 0 aliphatic carbocycles. The van der Waals surface area contributed by atoms with Crippen molar-refractivity contribution in [2.75, 3.05) is 13.2 Å². The van der Waals surface area contributed by atoms with Crippen molar-refractivity contribution in [3.63, 3.8) is 0 Å². The molecule has 0 spiro atoms. The van der Waals surface area contributed by atoms with E-state index in [1.54, 1.807) is 18.2 Å². The molecule has 1 atom stereocenters. The van der Waals surface area contributed by atoms with Gasteiger partial charge in [0.05, 0.1) is 6.04 Å². The topological polar surface area (TPSA) is 57.6 Å². The normalized spacial score (nSPS) is 15.3. The van der Waals surface area contributed by atoms with Crippen LogP contribution in [0.15, 0.2) is 33.4 Å². The Hall–Kier alpha value is -1.17. The average Bonchev–Trinajstić information content (AvgIpc) is 2.84. The first kappa shape index (κ1) is 12.8. The van der Waals surface area contributed by atoms with Crippen LogP contribution in [0.5, 0.6) is 11.5 Å². The van der Waals surface area contributed by atoms with E-state index in [1.165, 1.54) is 0 Å². The molecule has 1 aromatic heterocycles. The lowest BCUT2D eigenvalue weighted by Gasteiger charge is -2.21. The second-order valence-electron chi connectivity index (χ2n) is 4.14. The van der Waals surface area contributed by atoms with Gasteiger partial charge in [0.2, 0.25) is 0 Å². The third-order valence-corrected chi connectivity index (χ3v) is 3.65. The minimum atomic E-state index is -0.449. The molecule has 0 radical (unpaired) electrons. The molecular formula is C13H11BrClNO3. The zero-order chi connectivity index (χ0) is 13.4.